The smallest absolute Gasteiger partial charge is 0.147 e. The van der Waals surface area contributed by atoms with E-state index in [0.29, 0.717) is 0 Å². The fourth-order valence-electron chi connectivity index (χ4n) is 1.61. The molecule has 3 nitrogen and oxygen atoms in total. The molecule has 0 amide bonds. The lowest BCUT2D eigenvalue weighted by Gasteiger charge is -2.19. The largest absolute Gasteiger partial charge is 0.312 e. The third kappa shape index (κ3) is 4.36. The van der Waals surface area contributed by atoms with Crippen LogP contribution in [0.2, 0.25) is 0 Å². The van der Waals surface area contributed by atoms with Gasteiger partial charge in [0.1, 0.15) is 15.8 Å². The Kier molecular flexibility index (Phi) is 4.27. The van der Waals surface area contributed by atoms with Crippen LogP contribution < -0.4 is 5.32 Å². The van der Waals surface area contributed by atoms with Crippen molar-refractivity contribution < 1.29 is 4.39 Å². The lowest BCUT2D eigenvalue weighted by molar-refractivity contribution is 0.429. The van der Waals surface area contributed by atoms with E-state index in [-0.39, 0.29) is 11.4 Å². The maximum Gasteiger partial charge on any atom is 0.147 e. The van der Waals surface area contributed by atoms with Gasteiger partial charge in [0.2, 0.25) is 0 Å². The van der Waals surface area contributed by atoms with Crippen LogP contribution in [0.15, 0.2) is 24.3 Å². The predicted octanol–water partition coefficient (Wildman–Crippen LogP) is 3.27. The van der Waals surface area contributed by atoms with Crippen LogP contribution in [0.4, 0.5) is 4.39 Å². The Hall–Kier alpha value is -1.33. The molecule has 1 aromatic carbocycles. The van der Waals surface area contributed by atoms with E-state index in [0.717, 1.165) is 28.5 Å². The van der Waals surface area contributed by atoms with Crippen LogP contribution in [0.25, 0.3) is 10.6 Å². The Morgan fingerprint density at radius 1 is 1.16 bits per heavy atom. The second-order valence-electron chi connectivity index (χ2n) is 5.43. The van der Waals surface area contributed by atoms with Gasteiger partial charge >= 0.3 is 0 Å². The number of halogens is 1. The summed E-state index contributed by atoms with van der Waals surface area (Å²) >= 11 is 1.56. The number of nitrogens with one attached hydrogen (secondary N) is 1. The van der Waals surface area contributed by atoms with Gasteiger partial charge in [-0.3, -0.25) is 0 Å². The molecule has 0 radical (unpaired) electrons. The number of benzene rings is 1. The summed E-state index contributed by atoms with van der Waals surface area (Å²) in [6.45, 7) is 7.28. The first-order valence-electron chi connectivity index (χ1n) is 6.27. The van der Waals surface area contributed by atoms with Gasteiger partial charge in [-0.25, -0.2) is 4.39 Å². The summed E-state index contributed by atoms with van der Waals surface area (Å²) in [7, 11) is 0. The highest BCUT2D eigenvalue weighted by Crippen LogP contribution is 2.23. The molecule has 0 aliphatic carbocycles. The monoisotopic (exact) mass is 279 g/mol. The Morgan fingerprint density at radius 3 is 2.47 bits per heavy atom. The molecule has 1 N–H and O–H groups in total. The zero-order valence-corrected chi connectivity index (χ0v) is 12.2. The first kappa shape index (κ1) is 14.1. The van der Waals surface area contributed by atoms with Crippen LogP contribution in [0.3, 0.4) is 0 Å². The lowest BCUT2D eigenvalue weighted by Crippen LogP contribution is -2.37. The number of hydrogen-bond donors (Lipinski definition) is 1. The topological polar surface area (TPSA) is 37.8 Å². The Bertz CT molecular complexity index is 528. The highest BCUT2D eigenvalue weighted by Gasteiger charge is 2.10. The summed E-state index contributed by atoms with van der Waals surface area (Å²) < 4.78 is 12.8. The van der Waals surface area contributed by atoms with Crippen LogP contribution in [0.5, 0.6) is 0 Å². The number of rotatable bonds is 4. The van der Waals surface area contributed by atoms with Gasteiger partial charge < -0.3 is 5.32 Å². The van der Waals surface area contributed by atoms with Crippen LogP contribution in [0.1, 0.15) is 25.8 Å². The van der Waals surface area contributed by atoms with E-state index in [2.05, 4.69) is 36.3 Å². The van der Waals surface area contributed by atoms with Crippen molar-refractivity contribution in [2.24, 2.45) is 0 Å². The maximum atomic E-state index is 12.8. The average Bonchev–Trinajstić information content (AvgIpc) is 2.77. The fourth-order valence-corrected chi connectivity index (χ4v) is 2.45. The van der Waals surface area contributed by atoms with Crippen molar-refractivity contribution in [2.45, 2.75) is 32.7 Å². The first-order chi connectivity index (χ1) is 8.94. The van der Waals surface area contributed by atoms with Gasteiger partial charge in [0, 0.05) is 24.1 Å². The molecule has 19 heavy (non-hydrogen) atoms. The van der Waals surface area contributed by atoms with Crippen molar-refractivity contribution in [3.63, 3.8) is 0 Å². The normalized spacial score (nSPS) is 11.8. The van der Waals surface area contributed by atoms with E-state index >= 15 is 0 Å². The van der Waals surface area contributed by atoms with Crippen molar-refractivity contribution in [3.05, 3.63) is 35.1 Å². The third-order valence-corrected chi connectivity index (χ3v) is 3.58. The SMILES string of the molecule is CC(C)(C)NCCc1nnc(-c2ccc(F)cc2)s1. The maximum absolute atomic E-state index is 12.8. The van der Waals surface area contributed by atoms with Crippen molar-refractivity contribution in [2.75, 3.05) is 6.54 Å². The summed E-state index contributed by atoms with van der Waals surface area (Å²) in [4.78, 5) is 0. The van der Waals surface area contributed by atoms with Crippen LogP contribution in [-0.2, 0) is 6.42 Å². The number of nitrogens with zero attached hydrogens (tertiary/aromatic N) is 2. The molecule has 0 aliphatic heterocycles. The Labute approximate surface area is 116 Å². The quantitative estimate of drug-likeness (QED) is 0.933. The van der Waals surface area contributed by atoms with Crippen molar-refractivity contribution in [3.8, 4) is 10.6 Å². The summed E-state index contributed by atoms with van der Waals surface area (Å²) in [6, 6.07) is 6.34. The standard InChI is InChI=1S/C14H18FN3S/c1-14(2,3)16-9-8-12-17-18-13(19-12)10-4-6-11(15)7-5-10/h4-7,16H,8-9H2,1-3H3. The molecular weight excluding hydrogens is 261 g/mol. The van der Waals surface area contributed by atoms with Crippen LogP contribution in [-0.4, -0.2) is 22.3 Å². The van der Waals surface area contributed by atoms with Gasteiger partial charge in [0.05, 0.1) is 0 Å². The minimum Gasteiger partial charge on any atom is -0.312 e. The minimum absolute atomic E-state index is 0.116. The van der Waals surface area contributed by atoms with Crippen LogP contribution >= 0.6 is 11.3 Å². The summed E-state index contributed by atoms with van der Waals surface area (Å²) in [5.74, 6) is -0.233. The second-order valence-corrected chi connectivity index (χ2v) is 6.50. The highest BCUT2D eigenvalue weighted by atomic mass is 32.1. The lowest BCUT2D eigenvalue weighted by atomic mass is 10.1. The molecule has 0 saturated heterocycles. The van der Waals surface area contributed by atoms with Crippen molar-refractivity contribution in [1.29, 1.82) is 0 Å². The van der Waals surface area contributed by atoms with Gasteiger partial charge in [0.15, 0.2) is 0 Å². The highest BCUT2D eigenvalue weighted by molar-refractivity contribution is 7.14. The van der Waals surface area contributed by atoms with E-state index < -0.39 is 0 Å². The molecule has 0 atom stereocenters. The van der Waals surface area contributed by atoms with Gasteiger partial charge in [-0.05, 0) is 45.0 Å². The van der Waals surface area contributed by atoms with E-state index in [9.17, 15) is 4.39 Å². The van der Waals surface area contributed by atoms with E-state index in [1.807, 2.05) is 0 Å². The average molecular weight is 279 g/mol. The summed E-state index contributed by atoms with van der Waals surface area (Å²) in [5, 5.41) is 13.6. The van der Waals surface area contributed by atoms with Gasteiger partial charge in [-0.1, -0.05) is 11.3 Å². The molecular formula is C14H18FN3S. The van der Waals surface area contributed by atoms with E-state index in [4.69, 9.17) is 0 Å². The molecule has 2 aromatic rings. The molecule has 0 aliphatic rings. The van der Waals surface area contributed by atoms with E-state index in [1.165, 1.54) is 12.1 Å². The van der Waals surface area contributed by atoms with Crippen LogP contribution in [0, 0.1) is 5.82 Å². The molecule has 0 bridgehead atoms. The van der Waals surface area contributed by atoms with Crippen molar-refractivity contribution >= 4 is 11.3 Å². The molecule has 0 fully saturated rings. The first-order valence-corrected chi connectivity index (χ1v) is 7.09. The zero-order valence-electron chi connectivity index (χ0n) is 11.4. The molecule has 2 rings (SSSR count). The second kappa shape index (κ2) is 5.75. The molecule has 5 heteroatoms. The number of hydrogen-bond acceptors (Lipinski definition) is 4. The Morgan fingerprint density at radius 2 is 1.84 bits per heavy atom. The van der Waals surface area contributed by atoms with Gasteiger partial charge in [-0.15, -0.1) is 10.2 Å². The Balaban J connectivity index is 1.97. The molecule has 1 heterocycles. The molecule has 1 aromatic heterocycles. The predicted molar refractivity (Wildman–Crippen MR) is 76.8 cm³/mol. The van der Waals surface area contributed by atoms with Gasteiger partial charge in [-0.2, -0.15) is 0 Å². The van der Waals surface area contributed by atoms with E-state index in [1.54, 1.807) is 23.5 Å². The zero-order chi connectivity index (χ0) is 13.9. The molecule has 102 valence electrons. The minimum atomic E-state index is -0.233. The van der Waals surface area contributed by atoms with Crippen molar-refractivity contribution in [1.82, 2.24) is 15.5 Å². The number of aromatic nitrogens is 2. The molecule has 0 spiro atoms. The summed E-state index contributed by atoms with van der Waals surface area (Å²) in [6.07, 6.45) is 0.857. The van der Waals surface area contributed by atoms with Gasteiger partial charge in [0.25, 0.3) is 0 Å². The summed E-state index contributed by atoms with van der Waals surface area (Å²) in [5.41, 5.74) is 1.03. The molecule has 0 saturated carbocycles. The fraction of sp³-hybridized carbons (Fsp3) is 0.429. The third-order valence-electron chi connectivity index (χ3n) is 2.55. The molecule has 0 unspecified atom stereocenters.